The molecule has 2 aliphatic carbocycles. The lowest BCUT2D eigenvalue weighted by molar-refractivity contribution is -0.389. The number of rotatable bonds is 6. The van der Waals surface area contributed by atoms with E-state index < -0.39 is 4.92 Å². The van der Waals surface area contributed by atoms with Crippen LogP contribution in [0, 0.1) is 22.5 Å². The van der Waals surface area contributed by atoms with Gasteiger partial charge in [0.25, 0.3) is 0 Å². The van der Waals surface area contributed by atoms with Gasteiger partial charge in [0.1, 0.15) is 12.7 Å². The van der Waals surface area contributed by atoms with Crippen molar-refractivity contribution in [3.05, 3.63) is 22.1 Å². The number of aromatic nitrogens is 2. The van der Waals surface area contributed by atoms with Crippen LogP contribution < -0.4 is 5.32 Å². The van der Waals surface area contributed by atoms with Crippen molar-refractivity contribution < 1.29 is 14.5 Å². The van der Waals surface area contributed by atoms with Crippen molar-refractivity contribution in [2.24, 2.45) is 5.41 Å². The minimum Gasteiger partial charge on any atom is -0.378 e. The average molecular weight is 336 g/mol. The van der Waals surface area contributed by atoms with Gasteiger partial charge in [0, 0.05) is 25.0 Å². The number of carbonyl (C=O) groups excluding carboxylic acids is 1. The number of nitrogens with zero attached hydrogens (tertiary/aromatic N) is 3. The first-order valence-corrected chi connectivity index (χ1v) is 8.55. The number of nitrogens with one attached hydrogen (secondary N) is 1. The van der Waals surface area contributed by atoms with Crippen molar-refractivity contribution >= 4 is 11.7 Å². The Kier molecular flexibility index (Phi) is 4.58. The van der Waals surface area contributed by atoms with Gasteiger partial charge in [-0.1, -0.05) is 12.8 Å². The molecule has 24 heavy (non-hydrogen) atoms. The molecular formula is C16H24N4O4. The molecule has 8 heteroatoms. The summed E-state index contributed by atoms with van der Waals surface area (Å²) in [4.78, 5) is 26.4. The maximum atomic E-state index is 12.4. The first-order chi connectivity index (χ1) is 11.5. The lowest BCUT2D eigenvalue weighted by Crippen LogP contribution is -2.64. The number of amides is 1. The molecule has 1 amide bonds. The highest BCUT2D eigenvalue weighted by molar-refractivity contribution is 5.76. The Hall–Kier alpha value is -1.96. The number of nitro groups is 1. The summed E-state index contributed by atoms with van der Waals surface area (Å²) in [6.45, 7) is 4.42. The minimum atomic E-state index is -0.548. The lowest BCUT2D eigenvalue weighted by atomic mass is 9.60. The van der Waals surface area contributed by atoms with Crippen LogP contribution in [0.2, 0.25) is 0 Å². The van der Waals surface area contributed by atoms with Crippen molar-refractivity contribution in [2.75, 3.05) is 6.61 Å². The third kappa shape index (κ3) is 2.90. The Bertz CT molecular complexity index is 636. The number of aryl methyl sites for hydroxylation is 1. The van der Waals surface area contributed by atoms with Gasteiger partial charge in [-0.05, 0) is 36.1 Å². The summed E-state index contributed by atoms with van der Waals surface area (Å²) >= 11 is 0. The predicted molar refractivity (Wildman–Crippen MR) is 86.5 cm³/mol. The maximum absolute atomic E-state index is 12.4. The topological polar surface area (TPSA) is 99.3 Å². The molecule has 3 rings (SSSR count). The van der Waals surface area contributed by atoms with Gasteiger partial charge in [0.2, 0.25) is 11.7 Å². The molecular weight excluding hydrogens is 312 g/mol. The molecule has 1 heterocycles. The van der Waals surface area contributed by atoms with Gasteiger partial charge < -0.3 is 20.2 Å². The van der Waals surface area contributed by atoms with Crippen LogP contribution in [0.25, 0.3) is 0 Å². The van der Waals surface area contributed by atoms with Crippen LogP contribution in [0.5, 0.6) is 0 Å². The summed E-state index contributed by atoms with van der Waals surface area (Å²) in [6.07, 6.45) is 6.96. The quantitative estimate of drug-likeness (QED) is 0.632. The van der Waals surface area contributed by atoms with E-state index >= 15 is 0 Å². The molecule has 0 aliphatic heterocycles. The normalized spacial score (nSPS) is 24.8. The van der Waals surface area contributed by atoms with E-state index in [1.165, 1.54) is 23.6 Å². The highest BCUT2D eigenvalue weighted by atomic mass is 16.6. The molecule has 8 nitrogen and oxygen atoms in total. The molecule has 1 aromatic rings. The largest absolute Gasteiger partial charge is 0.381 e. The zero-order valence-electron chi connectivity index (χ0n) is 14.2. The molecule has 0 radical (unpaired) electrons. The van der Waals surface area contributed by atoms with Gasteiger partial charge in [-0.3, -0.25) is 9.36 Å². The van der Waals surface area contributed by atoms with Crippen molar-refractivity contribution in [1.29, 1.82) is 0 Å². The van der Waals surface area contributed by atoms with E-state index in [0.717, 1.165) is 19.3 Å². The number of hydrogen-bond acceptors (Lipinski definition) is 5. The Labute approximate surface area is 140 Å². The fourth-order valence-corrected chi connectivity index (χ4v) is 4.22. The molecule has 1 spiro atoms. The monoisotopic (exact) mass is 336 g/mol. The third-order valence-electron chi connectivity index (χ3n) is 5.49. The van der Waals surface area contributed by atoms with E-state index in [1.807, 2.05) is 6.92 Å². The molecule has 0 saturated heterocycles. The van der Waals surface area contributed by atoms with Gasteiger partial charge in [0.15, 0.2) is 0 Å². The van der Waals surface area contributed by atoms with Crippen LogP contribution in [0.4, 0.5) is 5.82 Å². The lowest BCUT2D eigenvalue weighted by Gasteiger charge is -2.54. The van der Waals surface area contributed by atoms with Crippen LogP contribution in [-0.4, -0.2) is 39.1 Å². The molecule has 0 aromatic carbocycles. The molecule has 2 fully saturated rings. The van der Waals surface area contributed by atoms with Crippen LogP contribution in [0.15, 0.2) is 6.20 Å². The molecule has 132 valence electrons. The van der Waals surface area contributed by atoms with E-state index in [-0.39, 0.29) is 35.8 Å². The van der Waals surface area contributed by atoms with Gasteiger partial charge >= 0.3 is 5.82 Å². The molecule has 2 saturated carbocycles. The van der Waals surface area contributed by atoms with Crippen molar-refractivity contribution in [2.45, 2.75) is 64.6 Å². The highest BCUT2D eigenvalue weighted by Gasteiger charge is 2.57. The SMILES string of the molecule is CCO[C@@H]1C[C@@H](NC(=O)Cn2cc([N+](=O)[O-])nc2C)C12CCCC2. The molecule has 0 bridgehead atoms. The number of hydrogen-bond donors (Lipinski definition) is 1. The number of carbonyl (C=O) groups is 1. The van der Waals surface area contributed by atoms with E-state index in [1.54, 1.807) is 6.92 Å². The molecule has 1 N–H and O–H groups in total. The van der Waals surface area contributed by atoms with Gasteiger partial charge in [-0.2, -0.15) is 0 Å². The third-order valence-corrected chi connectivity index (χ3v) is 5.49. The molecule has 1 aromatic heterocycles. The molecule has 2 atom stereocenters. The van der Waals surface area contributed by atoms with Crippen LogP contribution >= 0.6 is 0 Å². The Morgan fingerprint density at radius 3 is 2.83 bits per heavy atom. The molecule has 2 aliphatic rings. The standard InChI is InChI=1S/C16H24N4O4/c1-3-24-13-8-12(16(13)6-4-5-7-16)18-15(21)10-19-9-14(20(22)23)17-11(19)2/h9,12-13H,3-8,10H2,1-2H3,(H,18,21)/t12-,13-/m1/s1. The zero-order chi connectivity index (χ0) is 17.3. The fraction of sp³-hybridized carbons (Fsp3) is 0.750. The van der Waals surface area contributed by atoms with Crippen molar-refractivity contribution in [3.8, 4) is 0 Å². The summed E-state index contributed by atoms with van der Waals surface area (Å²) in [7, 11) is 0. The summed E-state index contributed by atoms with van der Waals surface area (Å²) in [5.74, 6) is 0.109. The fourth-order valence-electron chi connectivity index (χ4n) is 4.22. The Morgan fingerprint density at radius 2 is 2.25 bits per heavy atom. The first kappa shape index (κ1) is 16.9. The molecule has 0 unspecified atom stereocenters. The predicted octanol–water partition coefficient (Wildman–Crippen LogP) is 1.95. The van der Waals surface area contributed by atoms with E-state index in [0.29, 0.717) is 12.4 Å². The zero-order valence-corrected chi connectivity index (χ0v) is 14.2. The highest BCUT2D eigenvalue weighted by Crippen LogP contribution is 2.54. The summed E-state index contributed by atoms with van der Waals surface area (Å²) in [5, 5.41) is 13.9. The second kappa shape index (κ2) is 6.51. The summed E-state index contributed by atoms with van der Waals surface area (Å²) in [6, 6.07) is 0.142. The second-order valence-corrected chi connectivity index (χ2v) is 6.77. The second-order valence-electron chi connectivity index (χ2n) is 6.77. The van der Waals surface area contributed by atoms with Gasteiger partial charge in [0.05, 0.1) is 6.10 Å². The van der Waals surface area contributed by atoms with Gasteiger partial charge in [-0.25, -0.2) is 0 Å². The minimum absolute atomic E-state index is 0.0541. The van der Waals surface area contributed by atoms with E-state index in [9.17, 15) is 14.9 Å². The van der Waals surface area contributed by atoms with Crippen LogP contribution in [-0.2, 0) is 16.1 Å². The van der Waals surface area contributed by atoms with E-state index in [4.69, 9.17) is 4.74 Å². The van der Waals surface area contributed by atoms with Crippen LogP contribution in [0.3, 0.4) is 0 Å². The van der Waals surface area contributed by atoms with E-state index in [2.05, 4.69) is 10.3 Å². The maximum Gasteiger partial charge on any atom is 0.381 e. The average Bonchev–Trinajstić information content (AvgIpc) is 3.16. The Morgan fingerprint density at radius 1 is 1.54 bits per heavy atom. The smallest absolute Gasteiger partial charge is 0.378 e. The van der Waals surface area contributed by atoms with Crippen molar-refractivity contribution in [1.82, 2.24) is 14.9 Å². The van der Waals surface area contributed by atoms with Gasteiger partial charge in [-0.15, -0.1) is 0 Å². The first-order valence-electron chi connectivity index (χ1n) is 8.55. The van der Waals surface area contributed by atoms with Crippen LogP contribution in [0.1, 0.15) is 44.9 Å². The number of ether oxygens (including phenoxy) is 1. The summed E-state index contributed by atoms with van der Waals surface area (Å²) in [5.41, 5.74) is 0.0850. The van der Waals surface area contributed by atoms with Crippen molar-refractivity contribution in [3.63, 3.8) is 0 Å². The Balaban J connectivity index is 1.62. The summed E-state index contributed by atoms with van der Waals surface area (Å²) < 4.78 is 7.37. The number of imidazole rings is 1.